The number of primary amides is 1. The summed E-state index contributed by atoms with van der Waals surface area (Å²) in [6.45, 7) is 1.39. The summed E-state index contributed by atoms with van der Waals surface area (Å²) in [5.74, 6) is 0.514. The molecule has 1 aliphatic heterocycles. The van der Waals surface area contributed by atoms with Crippen molar-refractivity contribution in [1.29, 1.82) is 0 Å². The van der Waals surface area contributed by atoms with Crippen LogP contribution in [-0.4, -0.2) is 44.9 Å². The van der Waals surface area contributed by atoms with Gasteiger partial charge in [-0.25, -0.2) is 0 Å². The zero-order chi connectivity index (χ0) is 21.8. The summed E-state index contributed by atoms with van der Waals surface area (Å²) in [6.07, 6.45) is 2.27. The highest BCUT2D eigenvalue weighted by Gasteiger charge is 2.22. The second-order valence-corrected chi connectivity index (χ2v) is 9.73. The van der Waals surface area contributed by atoms with Crippen molar-refractivity contribution in [3.05, 3.63) is 51.2 Å². The van der Waals surface area contributed by atoms with Crippen LogP contribution < -0.4 is 5.73 Å². The fourth-order valence-electron chi connectivity index (χ4n) is 3.36. The largest absolute Gasteiger partial charge is 0.376 e. The molecule has 3 heterocycles. The molecule has 3 aromatic rings. The minimum Gasteiger partial charge on any atom is -0.376 e. The van der Waals surface area contributed by atoms with Crippen molar-refractivity contribution < 1.29 is 14.3 Å². The fourth-order valence-corrected chi connectivity index (χ4v) is 5.36. The van der Waals surface area contributed by atoms with E-state index in [1.165, 1.54) is 23.1 Å². The van der Waals surface area contributed by atoms with Gasteiger partial charge in [-0.3, -0.25) is 14.2 Å². The number of ketones is 1. The normalized spacial score (nSPS) is 16.0. The molecule has 4 rings (SSSR count). The number of Topliss-reactive ketones (excluding diaryl/α,β-unsaturated/α-hetero) is 1. The van der Waals surface area contributed by atoms with Crippen LogP contribution in [0.1, 0.15) is 27.4 Å². The standard InChI is InChI=1S/C21H21ClN4O3S2/c22-14-5-3-13(4-6-14)20-24-25-21(26(20)11-15-2-1-9-29-15)30-12-17(27)18-8-7-16(31-18)10-19(23)28/h3-8,15H,1-2,9-12H2,(H2,23,28)/t15-/m0/s1. The predicted octanol–water partition coefficient (Wildman–Crippen LogP) is 3.84. The number of ether oxygens (including phenoxy) is 1. The Morgan fingerprint density at radius 3 is 2.74 bits per heavy atom. The average Bonchev–Trinajstić information content (AvgIpc) is 3.49. The summed E-state index contributed by atoms with van der Waals surface area (Å²) in [5, 5.41) is 10.0. The summed E-state index contributed by atoms with van der Waals surface area (Å²) < 4.78 is 7.83. The Hall–Kier alpha value is -2.20. The summed E-state index contributed by atoms with van der Waals surface area (Å²) in [4.78, 5) is 25.1. The number of amides is 1. The van der Waals surface area contributed by atoms with E-state index in [4.69, 9.17) is 22.1 Å². The Labute approximate surface area is 192 Å². The number of nitrogens with zero attached hydrogens (tertiary/aromatic N) is 3. The van der Waals surface area contributed by atoms with Gasteiger partial charge in [0, 0.05) is 22.1 Å². The lowest BCUT2D eigenvalue weighted by Crippen LogP contribution is -2.17. The topological polar surface area (TPSA) is 100 Å². The number of aromatic nitrogens is 3. The summed E-state index contributed by atoms with van der Waals surface area (Å²) in [7, 11) is 0. The zero-order valence-electron chi connectivity index (χ0n) is 16.6. The van der Waals surface area contributed by atoms with Crippen LogP contribution in [0.2, 0.25) is 5.02 Å². The van der Waals surface area contributed by atoms with Crippen LogP contribution in [0.25, 0.3) is 11.4 Å². The maximum atomic E-state index is 12.7. The molecule has 1 saturated heterocycles. The van der Waals surface area contributed by atoms with Crippen LogP contribution in [0.4, 0.5) is 0 Å². The molecular formula is C21H21ClN4O3S2. The van der Waals surface area contributed by atoms with Gasteiger partial charge >= 0.3 is 0 Å². The first-order valence-electron chi connectivity index (χ1n) is 9.83. The van der Waals surface area contributed by atoms with Gasteiger partial charge < -0.3 is 10.5 Å². The van der Waals surface area contributed by atoms with Crippen LogP contribution >= 0.6 is 34.7 Å². The molecule has 1 atom stereocenters. The van der Waals surface area contributed by atoms with Crippen LogP contribution in [0.15, 0.2) is 41.6 Å². The zero-order valence-corrected chi connectivity index (χ0v) is 19.0. The van der Waals surface area contributed by atoms with Crippen molar-refractivity contribution in [2.24, 2.45) is 5.73 Å². The molecule has 7 nitrogen and oxygen atoms in total. The first kappa shape index (κ1) is 22.0. The van der Waals surface area contributed by atoms with Crippen LogP contribution in [0.3, 0.4) is 0 Å². The van der Waals surface area contributed by atoms with E-state index in [2.05, 4.69) is 10.2 Å². The highest BCUT2D eigenvalue weighted by atomic mass is 35.5. The van der Waals surface area contributed by atoms with Crippen molar-refractivity contribution in [2.45, 2.75) is 37.1 Å². The minimum atomic E-state index is -0.410. The third kappa shape index (κ3) is 5.54. The van der Waals surface area contributed by atoms with Crippen molar-refractivity contribution in [3.63, 3.8) is 0 Å². The first-order valence-corrected chi connectivity index (χ1v) is 12.0. The van der Waals surface area contributed by atoms with Crippen LogP contribution in [-0.2, 0) is 22.5 Å². The Bertz CT molecular complexity index is 1070. The summed E-state index contributed by atoms with van der Waals surface area (Å²) in [6, 6.07) is 11.0. The second kappa shape index (κ2) is 9.95. The van der Waals surface area contributed by atoms with E-state index >= 15 is 0 Å². The van der Waals surface area contributed by atoms with E-state index in [0.717, 1.165) is 35.7 Å². The van der Waals surface area contributed by atoms with E-state index in [1.807, 2.05) is 28.8 Å². The molecule has 1 fully saturated rings. The Kier molecular flexibility index (Phi) is 7.06. The monoisotopic (exact) mass is 476 g/mol. The summed E-state index contributed by atoms with van der Waals surface area (Å²) in [5.41, 5.74) is 6.13. The number of carbonyl (C=O) groups excluding carboxylic acids is 2. The van der Waals surface area contributed by atoms with Gasteiger partial charge in [-0.05, 0) is 49.2 Å². The van der Waals surface area contributed by atoms with Gasteiger partial charge in [-0.2, -0.15) is 0 Å². The van der Waals surface area contributed by atoms with Gasteiger partial charge in [0.15, 0.2) is 16.8 Å². The van der Waals surface area contributed by atoms with Crippen LogP contribution in [0.5, 0.6) is 0 Å². The molecule has 2 N–H and O–H groups in total. The Morgan fingerprint density at radius 2 is 2.03 bits per heavy atom. The molecule has 1 aliphatic rings. The molecule has 31 heavy (non-hydrogen) atoms. The molecule has 1 aromatic carbocycles. The van der Waals surface area contributed by atoms with Gasteiger partial charge in [-0.15, -0.1) is 21.5 Å². The number of rotatable bonds is 9. The van der Waals surface area contributed by atoms with Gasteiger partial charge in [0.1, 0.15) is 0 Å². The molecule has 0 aliphatic carbocycles. The van der Waals surface area contributed by atoms with Gasteiger partial charge in [-0.1, -0.05) is 23.4 Å². The molecule has 0 radical (unpaired) electrons. The van der Waals surface area contributed by atoms with Gasteiger partial charge in [0.05, 0.1) is 29.7 Å². The fraction of sp³-hybridized carbons (Fsp3) is 0.333. The molecule has 0 unspecified atom stereocenters. The van der Waals surface area contributed by atoms with E-state index in [1.54, 1.807) is 12.1 Å². The maximum absolute atomic E-state index is 12.7. The number of nitrogens with two attached hydrogens (primary N) is 1. The summed E-state index contributed by atoms with van der Waals surface area (Å²) >= 11 is 8.67. The number of benzene rings is 1. The molecule has 10 heteroatoms. The highest BCUT2D eigenvalue weighted by Crippen LogP contribution is 2.28. The number of hydrogen-bond donors (Lipinski definition) is 1. The quantitative estimate of drug-likeness (QED) is 0.372. The lowest BCUT2D eigenvalue weighted by Gasteiger charge is -2.14. The van der Waals surface area contributed by atoms with Crippen molar-refractivity contribution in [2.75, 3.05) is 12.4 Å². The SMILES string of the molecule is NC(=O)Cc1ccc(C(=O)CSc2nnc(-c3ccc(Cl)cc3)n2C[C@@H]2CCCO2)s1. The molecule has 0 bridgehead atoms. The number of halogens is 1. The molecular weight excluding hydrogens is 456 g/mol. The van der Waals surface area contributed by atoms with Gasteiger partial charge in [0.2, 0.25) is 5.91 Å². The molecule has 0 spiro atoms. The molecule has 0 saturated carbocycles. The van der Waals surface area contributed by atoms with Gasteiger partial charge in [0.25, 0.3) is 0 Å². The smallest absolute Gasteiger partial charge is 0.222 e. The first-order chi connectivity index (χ1) is 15.0. The Balaban J connectivity index is 1.51. The van der Waals surface area contributed by atoms with E-state index in [0.29, 0.717) is 21.6 Å². The molecule has 2 aromatic heterocycles. The number of thiophene rings is 1. The van der Waals surface area contributed by atoms with E-state index < -0.39 is 5.91 Å². The predicted molar refractivity (Wildman–Crippen MR) is 122 cm³/mol. The highest BCUT2D eigenvalue weighted by molar-refractivity contribution is 7.99. The number of thioether (sulfide) groups is 1. The number of hydrogen-bond acceptors (Lipinski definition) is 7. The average molecular weight is 477 g/mol. The number of carbonyl (C=O) groups is 2. The maximum Gasteiger partial charge on any atom is 0.222 e. The molecule has 162 valence electrons. The molecule has 1 amide bonds. The van der Waals surface area contributed by atoms with Crippen LogP contribution in [0, 0.1) is 0 Å². The van der Waals surface area contributed by atoms with Crippen molar-refractivity contribution in [1.82, 2.24) is 14.8 Å². The van der Waals surface area contributed by atoms with E-state index in [-0.39, 0.29) is 24.1 Å². The second-order valence-electron chi connectivity index (χ2n) is 7.18. The van der Waals surface area contributed by atoms with Crippen molar-refractivity contribution in [3.8, 4) is 11.4 Å². The Morgan fingerprint density at radius 1 is 1.23 bits per heavy atom. The lowest BCUT2D eigenvalue weighted by molar-refractivity contribution is -0.117. The third-order valence-corrected chi connectivity index (χ3v) is 7.19. The van der Waals surface area contributed by atoms with E-state index in [9.17, 15) is 9.59 Å². The lowest BCUT2D eigenvalue weighted by atomic mass is 10.2. The minimum absolute atomic E-state index is 0.0228. The third-order valence-electron chi connectivity index (χ3n) is 4.85. The van der Waals surface area contributed by atoms with Crippen molar-refractivity contribution >= 4 is 46.4 Å².